The maximum atomic E-state index is 12.4. The lowest BCUT2D eigenvalue weighted by Crippen LogP contribution is -2.44. The van der Waals surface area contributed by atoms with Crippen LogP contribution in [0.5, 0.6) is 5.75 Å². The summed E-state index contributed by atoms with van der Waals surface area (Å²) in [5, 5.41) is 13.6. The fourth-order valence-corrected chi connectivity index (χ4v) is 4.07. The Morgan fingerprint density at radius 2 is 1.88 bits per heavy atom. The van der Waals surface area contributed by atoms with Crippen LogP contribution in [0.25, 0.3) is 11.0 Å². The van der Waals surface area contributed by atoms with Crippen molar-refractivity contribution in [2.75, 3.05) is 45.2 Å². The van der Waals surface area contributed by atoms with Crippen molar-refractivity contribution >= 4 is 28.3 Å². The van der Waals surface area contributed by atoms with Gasteiger partial charge in [-0.05, 0) is 43.8 Å². The molecule has 180 valence electrons. The van der Waals surface area contributed by atoms with Gasteiger partial charge in [0.2, 0.25) is 0 Å². The molecule has 1 amide bonds. The third-order valence-electron chi connectivity index (χ3n) is 5.94. The molecule has 10 heteroatoms. The second-order valence-corrected chi connectivity index (χ2v) is 8.55. The molecule has 4 rings (SSSR count). The lowest BCUT2D eigenvalue weighted by atomic mass is 10.2. The molecule has 0 saturated carbocycles. The van der Waals surface area contributed by atoms with Crippen LogP contribution in [0.1, 0.15) is 19.2 Å². The fourth-order valence-electron chi connectivity index (χ4n) is 4.07. The number of nitro groups is 1. The van der Waals surface area contributed by atoms with Gasteiger partial charge in [0, 0.05) is 50.5 Å². The van der Waals surface area contributed by atoms with Gasteiger partial charge in [-0.25, -0.2) is 4.98 Å². The summed E-state index contributed by atoms with van der Waals surface area (Å²) in [6.45, 7) is 7.85. The van der Waals surface area contributed by atoms with E-state index >= 15 is 0 Å². The van der Waals surface area contributed by atoms with Gasteiger partial charge in [-0.3, -0.25) is 19.8 Å². The van der Waals surface area contributed by atoms with E-state index < -0.39 is 4.92 Å². The second-order valence-electron chi connectivity index (χ2n) is 8.55. The number of nitrogens with zero attached hydrogens (tertiary/aromatic N) is 5. The number of carbonyl (C=O) groups excluding carboxylic acids is 1. The molecule has 0 radical (unpaired) electrons. The van der Waals surface area contributed by atoms with E-state index in [9.17, 15) is 14.9 Å². The van der Waals surface area contributed by atoms with Gasteiger partial charge in [-0.1, -0.05) is 6.92 Å². The summed E-state index contributed by atoms with van der Waals surface area (Å²) in [6.07, 6.45) is 1.01. The average Bonchev–Trinajstić information content (AvgIpc) is 3.16. The number of ether oxygens (including phenoxy) is 1. The van der Waals surface area contributed by atoms with Crippen LogP contribution < -0.4 is 10.1 Å². The Bertz CT molecular complexity index is 1150. The van der Waals surface area contributed by atoms with Crippen molar-refractivity contribution in [3.8, 4) is 5.75 Å². The summed E-state index contributed by atoms with van der Waals surface area (Å²) < 4.78 is 7.72. The standard InChI is InChI=1S/C24H30N6O4/c1-3-10-29-22-9-4-18(15-21(22)26-23(29)16-28-13-11-27(2)12-14-28)25-24(31)17-34-20-7-5-19(6-8-20)30(32)33/h4-9,15H,3,10-14,16-17H2,1-2H3,(H,25,31). The van der Waals surface area contributed by atoms with Crippen molar-refractivity contribution < 1.29 is 14.5 Å². The maximum absolute atomic E-state index is 12.4. The smallest absolute Gasteiger partial charge is 0.269 e. The molecule has 1 N–H and O–H groups in total. The van der Waals surface area contributed by atoms with Crippen molar-refractivity contribution in [2.45, 2.75) is 26.4 Å². The molecule has 0 atom stereocenters. The van der Waals surface area contributed by atoms with Crippen molar-refractivity contribution in [2.24, 2.45) is 0 Å². The Balaban J connectivity index is 1.41. The summed E-state index contributed by atoms with van der Waals surface area (Å²) >= 11 is 0. The van der Waals surface area contributed by atoms with Gasteiger partial charge in [0.15, 0.2) is 6.61 Å². The first kappa shape index (κ1) is 23.7. The van der Waals surface area contributed by atoms with Crippen LogP contribution in [0, 0.1) is 10.1 Å². The Kier molecular flexibility index (Phi) is 7.39. The highest BCUT2D eigenvalue weighted by Crippen LogP contribution is 2.23. The number of likely N-dealkylation sites (N-methyl/N-ethyl adjacent to an activating group) is 1. The number of imidazole rings is 1. The highest BCUT2D eigenvalue weighted by Gasteiger charge is 2.18. The highest BCUT2D eigenvalue weighted by atomic mass is 16.6. The number of fused-ring (bicyclic) bond motifs is 1. The average molecular weight is 467 g/mol. The first-order chi connectivity index (χ1) is 16.4. The van der Waals surface area contributed by atoms with Crippen molar-refractivity contribution in [3.05, 3.63) is 58.4 Å². The van der Waals surface area contributed by atoms with E-state index in [-0.39, 0.29) is 18.2 Å². The lowest BCUT2D eigenvalue weighted by molar-refractivity contribution is -0.384. The Morgan fingerprint density at radius 3 is 2.56 bits per heavy atom. The second kappa shape index (κ2) is 10.6. The lowest BCUT2D eigenvalue weighted by Gasteiger charge is -2.32. The van der Waals surface area contributed by atoms with E-state index in [1.165, 1.54) is 24.3 Å². The predicted octanol–water partition coefficient (Wildman–Crippen LogP) is 3.12. The number of benzene rings is 2. The number of nitro benzene ring substituents is 1. The molecule has 2 aromatic carbocycles. The molecule has 1 aliphatic heterocycles. The van der Waals surface area contributed by atoms with Gasteiger partial charge in [0.25, 0.3) is 11.6 Å². The molecule has 3 aromatic rings. The van der Waals surface area contributed by atoms with Crippen LogP contribution in [-0.2, 0) is 17.9 Å². The van der Waals surface area contributed by atoms with Gasteiger partial charge in [-0.15, -0.1) is 0 Å². The minimum Gasteiger partial charge on any atom is -0.484 e. The molecule has 34 heavy (non-hydrogen) atoms. The zero-order valence-electron chi connectivity index (χ0n) is 19.6. The Morgan fingerprint density at radius 1 is 1.15 bits per heavy atom. The number of piperazine rings is 1. The third kappa shape index (κ3) is 5.70. The number of aromatic nitrogens is 2. The zero-order valence-corrected chi connectivity index (χ0v) is 19.6. The van der Waals surface area contributed by atoms with Gasteiger partial charge in [0.1, 0.15) is 11.6 Å². The van der Waals surface area contributed by atoms with Crippen LogP contribution >= 0.6 is 0 Å². The summed E-state index contributed by atoms with van der Waals surface area (Å²) in [5.74, 6) is 1.12. The van der Waals surface area contributed by atoms with Gasteiger partial charge in [-0.2, -0.15) is 0 Å². The fraction of sp³-hybridized carbons (Fsp3) is 0.417. The summed E-state index contributed by atoms with van der Waals surface area (Å²) in [7, 11) is 2.15. The minimum atomic E-state index is -0.481. The molecule has 0 spiro atoms. The van der Waals surface area contributed by atoms with Gasteiger partial charge < -0.3 is 19.5 Å². The first-order valence-corrected chi connectivity index (χ1v) is 11.5. The van der Waals surface area contributed by atoms with Crippen LogP contribution in [0.15, 0.2) is 42.5 Å². The van der Waals surface area contributed by atoms with Crippen LogP contribution in [-0.4, -0.2) is 70.0 Å². The van der Waals surface area contributed by atoms with E-state index in [2.05, 4.69) is 33.7 Å². The van der Waals surface area contributed by atoms with Crippen molar-refractivity contribution in [1.82, 2.24) is 19.4 Å². The zero-order chi connectivity index (χ0) is 24.1. The number of carbonyl (C=O) groups is 1. The van der Waals surface area contributed by atoms with Crippen molar-refractivity contribution in [1.29, 1.82) is 0 Å². The third-order valence-corrected chi connectivity index (χ3v) is 5.94. The summed E-state index contributed by atoms with van der Waals surface area (Å²) in [5.41, 5.74) is 2.54. The monoisotopic (exact) mass is 466 g/mol. The molecular weight excluding hydrogens is 436 g/mol. The van der Waals surface area contributed by atoms with E-state index in [4.69, 9.17) is 9.72 Å². The van der Waals surface area contributed by atoms with Gasteiger partial charge >= 0.3 is 0 Å². The number of anilines is 1. The largest absolute Gasteiger partial charge is 0.484 e. The number of hydrogen-bond acceptors (Lipinski definition) is 7. The summed E-state index contributed by atoms with van der Waals surface area (Å²) in [6, 6.07) is 11.4. The molecule has 0 unspecified atom stereocenters. The van der Waals surface area contributed by atoms with E-state index in [1.807, 2.05) is 18.2 Å². The molecule has 1 saturated heterocycles. The molecule has 2 heterocycles. The number of amides is 1. The minimum absolute atomic E-state index is 0.0281. The number of hydrogen-bond donors (Lipinski definition) is 1. The number of non-ortho nitro benzene ring substituents is 1. The van der Waals surface area contributed by atoms with E-state index in [0.29, 0.717) is 11.4 Å². The number of aryl methyl sites for hydroxylation is 1. The molecule has 10 nitrogen and oxygen atoms in total. The van der Waals surface area contributed by atoms with E-state index in [1.54, 1.807) is 0 Å². The normalized spacial score (nSPS) is 14.9. The molecule has 1 aliphatic rings. The maximum Gasteiger partial charge on any atom is 0.269 e. The molecule has 0 aliphatic carbocycles. The Hall–Kier alpha value is -3.50. The predicted molar refractivity (Wildman–Crippen MR) is 130 cm³/mol. The van der Waals surface area contributed by atoms with Crippen molar-refractivity contribution in [3.63, 3.8) is 0 Å². The summed E-state index contributed by atoms with van der Waals surface area (Å²) in [4.78, 5) is 32.3. The molecule has 1 fully saturated rings. The van der Waals surface area contributed by atoms with E-state index in [0.717, 1.165) is 62.5 Å². The molecular formula is C24H30N6O4. The van der Waals surface area contributed by atoms with Crippen LogP contribution in [0.4, 0.5) is 11.4 Å². The number of nitrogens with one attached hydrogen (secondary N) is 1. The highest BCUT2D eigenvalue weighted by molar-refractivity contribution is 5.94. The first-order valence-electron chi connectivity index (χ1n) is 11.5. The molecule has 1 aromatic heterocycles. The quantitative estimate of drug-likeness (QED) is 0.381. The van der Waals surface area contributed by atoms with Crippen LogP contribution in [0.2, 0.25) is 0 Å². The SMILES string of the molecule is CCCn1c(CN2CCN(C)CC2)nc2cc(NC(=O)COc3ccc([N+](=O)[O-])cc3)ccc21. The Labute approximate surface area is 198 Å². The molecule has 0 bridgehead atoms. The topological polar surface area (TPSA) is 106 Å². The number of rotatable bonds is 9. The van der Waals surface area contributed by atoms with Gasteiger partial charge in [0.05, 0.1) is 22.5 Å². The van der Waals surface area contributed by atoms with Crippen LogP contribution in [0.3, 0.4) is 0 Å².